The zero-order valence-electron chi connectivity index (χ0n) is 11.4. The maximum atomic E-state index is 12.0. The molecule has 0 amide bonds. The number of hydrogen-bond donors (Lipinski definition) is 1. The highest BCUT2D eigenvalue weighted by Gasteiger charge is 2.33. The van der Waals surface area contributed by atoms with Crippen LogP contribution in [0.4, 0.5) is 13.2 Å². The van der Waals surface area contributed by atoms with Crippen LogP contribution in [-0.2, 0) is 17.6 Å². The lowest BCUT2D eigenvalue weighted by Gasteiger charge is -2.37. The second kappa shape index (κ2) is 6.14. The molecule has 0 aliphatic heterocycles. The Morgan fingerprint density at radius 3 is 2.55 bits per heavy atom. The molecule has 1 aliphatic carbocycles. The molecule has 0 aromatic heterocycles. The molecule has 2 N–H and O–H groups in total. The lowest BCUT2D eigenvalue weighted by molar-refractivity contribution is -0.175. The van der Waals surface area contributed by atoms with E-state index in [2.05, 4.69) is 12.1 Å². The maximum Gasteiger partial charge on any atom is 0.411 e. The molecule has 1 unspecified atom stereocenters. The molecule has 0 fully saturated rings. The highest BCUT2D eigenvalue weighted by Crippen LogP contribution is 2.37. The largest absolute Gasteiger partial charge is 0.411 e. The number of halogens is 3. The van der Waals surface area contributed by atoms with Gasteiger partial charge in [0.1, 0.15) is 6.61 Å². The Morgan fingerprint density at radius 2 is 1.90 bits per heavy atom. The van der Waals surface area contributed by atoms with Crippen molar-refractivity contribution in [1.29, 1.82) is 0 Å². The Balaban J connectivity index is 1.91. The molecule has 20 heavy (non-hydrogen) atoms. The zero-order valence-corrected chi connectivity index (χ0v) is 11.4. The van der Waals surface area contributed by atoms with Crippen molar-refractivity contribution in [2.75, 3.05) is 19.8 Å². The van der Waals surface area contributed by atoms with Gasteiger partial charge in [-0.3, -0.25) is 0 Å². The molecule has 2 nitrogen and oxygen atoms in total. The molecule has 0 saturated carbocycles. The number of ether oxygens (including phenoxy) is 1. The third kappa shape index (κ3) is 3.96. The van der Waals surface area contributed by atoms with E-state index in [0.29, 0.717) is 13.0 Å². The maximum absolute atomic E-state index is 12.0. The Labute approximate surface area is 117 Å². The van der Waals surface area contributed by atoms with E-state index in [-0.39, 0.29) is 12.0 Å². The second-order valence-corrected chi connectivity index (χ2v) is 5.57. The molecule has 0 heterocycles. The fraction of sp³-hybridized carbons (Fsp3) is 0.600. The van der Waals surface area contributed by atoms with Crippen molar-refractivity contribution in [3.05, 3.63) is 35.4 Å². The van der Waals surface area contributed by atoms with Gasteiger partial charge in [-0.25, -0.2) is 0 Å². The number of rotatable bonds is 5. The summed E-state index contributed by atoms with van der Waals surface area (Å²) in [5, 5.41) is 0. The van der Waals surface area contributed by atoms with Crippen LogP contribution in [0.3, 0.4) is 0 Å². The summed E-state index contributed by atoms with van der Waals surface area (Å²) >= 11 is 0. The van der Waals surface area contributed by atoms with E-state index in [9.17, 15) is 13.2 Å². The molecule has 5 heteroatoms. The van der Waals surface area contributed by atoms with Gasteiger partial charge in [0.05, 0.1) is 0 Å². The van der Waals surface area contributed by atoms with Gasteiger partial charge in [0, 0.05) is 6.61 Å². The lowest BCUT2D eigenvalue weighted by atomic mass is 9.70. The first kappa shape index (κ1) is 15.3. The van der Waals surface area contributed by atoms with Gasteiger partial charge in [-0.05, 0) is 48.8 Å². The number of hydrogen-bond acceptors (Lipinski definition) is 2. The molecule has 1 aromatic rings. The van der Waals surface area contributed by atoms with E-state index in [4.69, 9.17) is 10.5 Å². The van der Waals surface area contributed by atoms with Gasteiger partial charge in [-0.2, -0.15) is 13.2 Å². The SMILES string of the molecule is NCC1(CCOCC(F)(F)F)CCc2ccccc2C1. The van der Waals surface area contributed by atoms with Crippen molar-refractivity contribution in [2.45, 2.75) is 31.9 Å². The van der Waals surface area contributed by atoms with Crippen molar-refractivity contribution in [3.63, 3.8) is 0 Å². The smallest absolute Gasteiger partial charge is 0.372 e. The first-order valence-corrected chi connectivity index (χ1v) is 6.85. The van der Waals surface area contributed by atoms with Crippen LogP contribution < -0.4 is 5.73 Å². The second-order valence-electron chi connectivity index (χ2n) is 5.57. The van der Waals surface area contributed by atoms with Gasteiger partial charge in [-0.15, -0.1) is 0 Å². The number of alkyl halides is 3. The quantitative estimate of drug-likeness (QED) is 0.845. The lowest BCUT2D eigenvalue weighted by Crippen LogP contribution is -2.37. The normalized spacial score (nSPS) is 22.6. The summed E-state index contributed by atoms with van der Waals surface area (Å²) in [5.41, 5.74) is 8.35. The van der Waals surface area contributed by atoms with E-state index in [1.807, 2.05) is 12.1 Å². The third-order valence-corrected chi connectivity index (χ3v) is 4.08. The fourth-order valence-electron chi connectivity index (χ4n) is 2.83. The molecule has 0 saturated heterocycles. The Morgan fingerprint density at radius 1 is 1.20 bits per heavy atom. The minimum atomic E-state index is -4.25. The topological polar surface area (TPSA) is 35.2 Å². The Kier molecular flexibility index (Phi) is 4.70. The van der Waals surface area contributed by atoms with Crippen LogP contribution in [0.5, 0.6) is 0 Å². The molecule has 2 rings (SSSR count). The van der Waals surface area contributed by atoms with Crippen LogP contribution in [0.1, 0.15) is 24.0 Å². The minimum absolute atomic E-state index is 0.110. The summed E-state index contributed by atoms with van der Waals surface area (Å²) in [5.74, 6) is 0. The van der Waals surface area contributed by atoms with Crippen LogP contribution in [0.2, 0.25) is 0 Å². The average Bonchev–Trinajstić information content (AvgIpc) is 2.42. The van der Waals surface area contributed by atoms with Crippen molar-refractivity contribution >= 4 is 0 Å². The standard InChI is InChI=1S/C15H20F3NO/c16-15(17,18)11-20-8-7-14(10-19)6-5-12-3-1-2-4-13(12)9-14/h1-4H,5-11,19H2. The van der Waals surface area contributed by atoms with Crippen molar-refractivity contribution in [2.24, 2.45) is 11.1 Å². The highest BCUT2D eigenvalue weighted by atomic mass is 19.4. The van der Waals surface area contributed by atoms with Crippen LogP contribution >= 0.6 is 0 Å². The van der Waals surface area contributed by atoms with E-state index in [1.165, 1.54) is 11.1 Å². The van der Waals surface area contributed by atoms with Crippen molar-refractivity contribution in [1.82, 2.24) is 0 Å². The van der Waals surface area contributed by atoms with E-state index < -0.39 is 12.8 Å². The molecule has 1 atom stereocenters. The summed E-state index contributed by atoms with van der Waals surface area (Å²) in [6, 6.07) is 8.19. The van der Waals surface area contributed by atoms with E-state index in [1.54, 1.807) is 0 Å². The summed E-state index contributed by atoms with van der Waals surface area (Å²) in [4.78, 5) is 0. The summed E-state index contributed by atoms with van der Waals surface area (Å²) in [7, 11) is 0. The number of fused-ring (bicyclic) bond motifs is 1. The Bertz CT molecular complexity index is 447. The van der Waals surface area contributed by atoms with E-state index in [0.717, 1.165) is 19.3 Å². The minimum Gasteiger partial charge on any atom is -0.372 e. The molecule has 1 aromatic carbocycles. The van der Waals surface area contributed by atoms with Crippen LogP contribution in [-0.4, -0.2) is 25.9 Å². The van der Waals surface area contributed by atoms with Gasteiger partial charge in [0.15, 0.2) is 0 Å². The molecule has 112 valence electrons. The van der Waals surface area contributed by atoms with Crippen LogP contribution in [0.25, 0.3) is 0 Å². The average molecular weight is 287 g/mol. The molecular weight excluding hydrogens is 267 g/mol. The van der Waals surface area contributed by atoms with Gasteiger partial charge in [0.25, 0.3) is 0 Å². The van der Waals surface area contributed by atoms with Gasteiger partial charge in [0.2, 0.25) is 0 Å². The summed E-state index contributed by atoms with van der Waals surface area (Å²) in [6.07, 6.45) is -0.999. The van der Waals surface area contributed by atoms with Crippen molar-refractivity contribution in [3.8, 4) is 0 Å². The monoisotopic (exact) mass is 287 g/mol. The van der Waals surface area contributed by atoms with Crippen LogP contribution in [0.15, 0.2) is 24.3 Å². The number of aryl methyl sites for hydroxylation is 1. The zero-order chi connectivity index (χ0) is 14.6. The molecular formula is C15H20F3NO. The Hall–Kier alpha value is -1.07. The van der Waals surface area contributed by atoms with Crippen molar-refractivity contribution < 1.29 is 17.9 Å². The van der Waals surface area contributed by atoms with Gasteiger partial charge in [-0.1, -0.05) is 24.3 Å². The summed E-state index contributed by atoms with van der Waals surface area (Å²) in [6.45, 7) is -0.584. The number of benzene rings is 1. The van der Waals surface area contributed by atoms with Crippen LogP contribution in [0, 0.1) is 5.41 Å². The fourth-order valence-corrected chi connectivity index (χ4v) is 2.83. The van der Waals surface area contributed by atoms with Gasteiger partial charge >= 0.3 is 6.18 Å². The highest BCUT2D eigenvalue weighted by molar-refractivity contribution is 5.31. The molecule has 0 bridgehead atoms. The molecule has 1 aliphatic rings. The first-order valence-electron chi connectivity index (χ1n) is 6.85. The molecule has 0 spiro atoms. The number of nitrogens with two attached hydrogens (primary N) is 1. The first-order chi connectivity index (χ1) is 9.44. The predicted octanol–water partition coefficient (Wildman–Crippen LogP) is 3.09. The van der Waals surface area contributed by atoms with E-state index >= 15 is 0 Å². The van der Waals surface area contributed by atoms with Gasteiger partial charge < -0.3 is 10.5 Å². The predicted molar refractivity (Wildman–Crippen MR) is 71.4 cm³/mol. The summed E-state index contributed by atoms with van der Waals surface area (Å²) < 4.78 is 40.9. The third-order valence-electron chi connectivity index (χ3n) is 4.08. The molecule has 0 radical (unpaired) electrons.